The Labute approximate surface area is 252 Å². The molecule has 0 aliphatic rings. The number of amides is 2. The van der Waals surface area contributed by atoms with Crippen LogP contribution in [0.2, 0.25) is 0 Å². The zero-order valence-corrected chi connectivity index (χ0v) is 26.2. The molecule has 0 heterocycles. The maximum absolute atomic E-state index is 10.9. The maximum atomic E-state index is 10.9. The van der Waals surface area contributed by atoms with Gasteiger partial charge in [0.05, 0.1) is 14.2 Å². The van der Waals surface area contributed by atoms with Gasteiger partial charge in [-0.25, -0.2) is 0 Å². The molecule has 10 nitrogen and oxygen atoms in total. The average molecular weight is 595 g/mol. The first-order valence-corrected chi connectivity index (χ1v) is 15.1. The molecule has 10 heteroatoms. The molecule has 0 aromatic carbocycles. The minimum Gasteiger partial charge on any atom is -0.469 e. The number of rotatable bonds is 24. The summed E-state index contributed by atoms with van der Waals surface area (Å²) in [6.07, 6.45) is 24.5. The van der Waals surface area contributed by atoms with E-state index < -0.39 is 12.1 Å². The van der Waals surface area contributed by atoms with Crippen molar-refractivity contribution in [2.75, 3.05) is 14.2 Å². The number of methoxy groups -OCH3 is 2. The molecule has 0 radical (unpaired) electrons. The lowest BCUT2D eigenvalue weighted by Crippen LogP contribution is -2.32. The molecule has 2 atom stereocenters. The predicted octanol–water partition coefficient (Wildman–Crippen LogP) is 5.08. The lowest BCUT2D eigenvalue weighted by atomic mass is 10.1. The van der Waals surface area contributed by atoms with Gasteiger partial charge in [0.25, 0.3) is 0 Å². The molecule has 0 fully saturated rings. The lowest BCUT2D eigenvalue weighted by Gasteiger charge is -2.05. The number of ether oxygens (including phenoxy) is 2. The number of hydrogen-bond acceptors (Lipinski definition) is 8. The van der Waals surface area contributed by atoms with E-state index in [9.17, 15) is 28.8 Å². The van der Waals surface area contributed by atoms with E-state index in [-0.39, 0.29) is 23.8 Å². The van der Waals surface area contributed by atoms with Gasteiger partial charge in [0.1, 0.15) is 24.7 Å². The van der Waals surface area contributed by atoms with Gasteiger partial charge in [0, 0.05) is 26.7 Å². The summed E-state index contributed by atoms with van der Waals surface area (Å²) in [5, 5.41) is 5.07. The number of esters is 2. The van der Waals surface area contributed by atoms with E-state index in [2.05, 4.69) is 20.1 Å². The first kappa shape index (κ1) is 40.8. The maximum Gasteiger partial charge on any atom is 0.305 e. The summed E-state index contributed by atoms with van der Waals surface area (Å²) in [5.74, 6) is -0.680. The molecule has 0 aromatic heterocycles. The van der Waals surface area contributed by atoms with Crippen LogP contribution in [0.15, 0.2) is 24.3 Å². The van der Waals surface area contributed by atoms with E-state index in [1.807, 2.05) is 12.2 Å². The molecule has 0 rings (SSSR count). The monoisotopic (exact) mass is 594 g/mol. The number of unbranched alkanes of at least 4 members (excludes halogenated alkanes) is 12. The van der Waals surface area contributed by atoms with Gasteiger partial charge in [-0.3, -0.25) is 19.2 Å². The number of hydrogen-bond donors (Lipinski definition) is 2. The van der Waals surface area contributed by atoms with Crippen LogP contribution in [0.1, 0.15) is 117 Å². The Balaban J connectivity index is 0. The largest absolute Gasteiger partial charge is 0.469 e. The molecule has 2 amide bonds. The minimum absolute atomic E-state index is 0.135. The summed E-state index contributed by atoms with van der Waals surface area (Å²) in [5.41, 5.74) is 0. The predicted molar refractivity (Wildman–Crippen MR) is 164 cm³/mol. The molecule has 0 aromatic rings. The highest BCUT2D eigenvalue weighted by Crippen LogP contribution is 2.10. The summed E-state index contributed by atoms with van der Waals surface area (Å²) >= 11 is 0. The number of carbonyl (C=O) groups excluding carboxylic acids is 6. The van der Waals surface area contributed by atoms with E-state index in [0.717, 1.165) is 102 Å². The summed E-state index contributed by atoms with van der Waals surface area (Å²) in [6.45, 7) is 2.79. The molecule has 2 N–H and O–H groups in total. The van der Waals surface area contributed by atoms with Crippen LogP contribution in [0, 0.1) is 0 Å². The Morgan fingerprint density at radius 2 is 0.857 bits per heavy atom. The third kappa shape index (κ3) is 31.2. The van der Waals surface area contributed by atoms with Gasteiger partial charge in [-0.05, 0) is 38.5 Å². The van der Waals surface area contributed by atoms with Crippen molar-refractivity contribution in [2.24, 2.45) is 0 Å². The minimum atomic E-state index is -0.513. The van der Waals surface area contributed by atoms with Gasteiger partial charge in [-0.2, -0.15) is 0 Å². The van der Waals surface area contributed by atoms with Crippen molar-refractivity contribution in [1.82, 2.24) is 10.6 Å². The first-order chi connectivity index (χ1) is 20.2. The van der Waals surface area contributed by atoms with Gasteiger partial charge < -0.3 is 29.7 Å². The van der Waals surface area contributed by atoms with Gasteiger partial charge in [-0.15, -0.1) is 0 Å². The summed E-state index contributed by atoms with van der Waals surface area (Å²) in [7, 11) is 2.83. The van der Waals surface area contributed by atoms with E-state index >= 15 is 0 Å². The average Bonchev–Trinajstić information content (AvgIpc) is 2.97. The van der Waals surface area contributed by atoms with Crippen molar-refractivity contribution >= 4 is 36.3 Å². The Hall–Kier alpha value is -3.30. The van der Waals surface area contributed by atoms with Crippen LogP contribution in [-0.4, -0.2) is 62.6 Å². The molecule has 0 aliphatic carbocycles. The van der Waals surface area contributed by atoms with Crippen LogP contribution in [0.3, 0.4) is 0 Å². The fourth-order valence-corrected chi connectivity index (χ4v) is 3.89. The molecular weight excluding hydrogens is 540 g/mol. The normalized spacial score (nSPS) is 12.1. The van der Waals surface area contributed by atoms with E-state index in [4.69, 9.17) is 0 Å². The van der Waals surface area contributed by atoms with Gasteiger partial charge in [0.2, 0.25) is 11.8 Å². The second kappa shape index (κ2) is 30.7. The molecular formula is C32H54N2O8. The Bertz CT molecular complexity index is 744. The third-order valence-corrected chi connectivity index (χ3v) is 6.18. The molecule has 2 unspecified atom stereocenters. The number of carbonyl (C=O) groups is 6. The number of nitrogens with one attached hydrogen (secondary N) is 2. The van der Waals surface area contributed by atoms with Crippen molar-refractivity contribution in [2.45, 2.75) is 129 Å². The molecule has 42 heavy (non-hydrogen) atoms. The van der Waals surface area contributed by atoms with E-state index in [1.165, 1.54) is 28.1 Å². The zero-order chi connectivity index (χ0) is 31.8. The second-order valence-corrected chi connectivity index (χ2v) is 10.1. The summed E-state index contributed by atoms with van der Waals surface area (Å²) in [6, 6.07) is -1.03. The van der Waals surface area contributed by atoms with Crippen molar-refractivity contribution in [1.29, 1.82) is 0 Å². The van der Waals surface area contributed by atoms with Crippen LogP contribution in [0.25, 0.3) is 0 Å². The van der Waals surface area contributed by atoms with Crippen molar-refractivity contribution in [3.05, 3.63) is 24.3 Å². The lowest BCUT2D eigenvalue weighted by molar-refractivity contribution is -0.141. The Morgan fingerprint density at radius 3 is 1.14 bits per heavy atom. The zero-order valence-electron chi connectivity index (χ0n) is 26.2. The highest BCUT2D eigenvalue weighted by molar-refractivity contribution is 5.78. The van der Waals surface area contributed by atoms with Gasteiger partial charge >= 0.3 is 11.9 Å². The van der Waals surface area contributed by atoms with E-state index in [0.29, 0.717) is 12.8 Å². The highest BCUT2D eigenvalue weighted by atomic mass is 16.5. The standard InChI is InChI=1S/2C16H27NO4/c2*1-14(19)17-15(13-18)11-9-7-5-3-4-6-8-10-12-16(20)21-2/h2*9,11,13,15H,3-8,10,12H2,1-2H3,(H,17,19)/b2*11-9+. The Kier molecular flexibility index (Phi) is 29.8. The Morgan fingerprint density at radius 1 is 0.548 bits per heavy atom. The van der Waals surface area contributed by atoms with Crippen LogP contribution < -0.4 is 10.6 Å². The van der Waals surface area contributed by atoms with Crippen LogP contribution >= 0.6 is 0 Å². The van der Waals surface area contributed by atoms with Gasteiger partial charge in [0.15, 0.2) is 0 Å². The number of aldehydes is 2. The van der Waals surface area contributed by atoms with Crippen LogP contribution in [0.5, 0.6) is 0 Å². The molecule has 0 saturated carbocycles. The van der Waals surface area contributed by atoms with Crippen molar-refractivity contribution in [3.63, 3.8) is 0 Å². The third-order valence-electron chi connectivity index (χ3n) is 6.18. The SMILES string of the molecule is COC(=O)CCCCCCCC/C=C/C(C=O)NC(C)=O.COC(=O)CCCCCCCC/C=C/C(C=O)NC(C)=O. The van der Waals surface area contributed by atoms with Crippen LogP contribution in [-0.2, 0) is 38.2 Å². The van der Waals surface area contributed by atoms with Gasteiger partial charge in [-0.1, -0.05) is 75.7 Å². The van der Waals surface area contributed by atoms with E-state index in [1.54, 1.807) is 12.2 Å². The van der Waals surface area contributed by atoms with Crippen LogP contribution in [0.4, 0.5) is 0 Å². The molecule has 0 bridgehead atoms. The summed E-state index contributed by atoms with van der Waals surface area (Å²) < 4.78 is 9.15. The van der Waals surface area contributed by atoms with Crippen molar-refractivity contribution < 1.29 is 38.2 Å². The topological polar surface area (TPSA) is 145 Å². The summed E-state index contributed by atoms with van der Waals surface area (Å²) in [4.78, 5) is 64.7. The molecule has 240 valence electrons. The molecule has 0 spiro atoms. The number of allylic oxidation sites excluding steroid dienone is 2. The van der Waals surface area contributed by atoms with Crippen molar-refractivity contribution in [3.8, 4) is 0 Å². The first-order valence-electron chi connectivity index (χ1n) is 15.1. The fourth-order valence-electron chi connectivity index (χ4n) is 3.89. The molecule has 0 saturated heterocycles. The second-order valence-electron chi connectivity index (χ2n) is 10.1. The molecule has 0 aliphatic heterocycles. The highest BCUT2D eigenvalue weighted by Gasteiger charge is 2.04. The quantitative estimate of drug-likeness (QED) is 0.0681. The fraction of sp³-hybridized carbons (Fsp3) is 0.688. The smallest absolute Gasteiger partial charge is 0.305 e.